The van der Waals surface area contributed by atoms with Crippen molar-refractivity contribution in [2.45, 2.75) is 57.0 Å². The molecule has 1 N–H and O–H groups in total. The second-order valence-electron chi connectivity index (χ2n) is 9.73. The van der Waals surface area contributed by atoms with Crippen molar-refractivity contribution in [1.29, 1.82) is 0 Å². The monoisotopic (exact) mass is 402 g/mol. The Morgan fingerprint density at radius 2 is 1.60 bits per heavy atom. The highest BCUT2D eigenvalue weighted by atomic mass is 16.2. The fraction of sp³-hybridized carbons (Fsp3) is 0.519. The quantitative estimate of drug-likeness (QED) is 0.738. The van der Waals surface area contributed by atoms with Gasteiger partial charge in [-0.15, -0.1) is 0 Å². The maximum absolute atomic E-state index is 13.5. The highest BCUT2D eigenvalue weighted by Crippen LogP contribution is 2.41. The highest BCUT2D eigenvalue weighted by Gasteiger charge is 2.44. The van der Waals surface area contributed by atoms with Crippen molar-refractivity contribution in [2.75, 3.05) is 13.1 Å². The largest absolute Gasteiger partial charge is 0.352 e. The third kappa shape index (κ3) is 4.18. The smallest absolute Gasteiger partial charge is 0.228 e. The van der Waals surface area contributed by atoms with Crippen LogP contribution >= 0.6 is 0 Å². The van der Waals surface area contributed by atoms with E-state index in [0.29, 0.717) is 17.9 Å². The summed E-state index contributed by atoms with van der Waals surface area (Å²) < 4.78 is 0. The van der Waals surface area contributed by atoms with E-state index in [-0.39, 0.29) is 11.8 Å². The van der Waals surface area contributed by atoms with Gasteiger partial charge in [0.15, 0.2) is 0 Å². The molecule has 3 heteroatoms. The summed E-state index contributed by atoms with van der Waals surface area (Å²) in [6.07, 6.45) is 7.31. The van der Waals surface area contributed by atoms with Gasteiger partial charge in [-0.3, -0.25) is 9.69 Å². The first kappa shape index (κ1) is 19.8. The van der Waals surface area contributed by atoms with E-state index in [1.807, 2.05) is 0 Å². The van der Waals surface area contributed by atoms with Gasteiger partial charge in [0.2, 0.25) is 5.91 Å². The van der Waals surface area contributed by atoms with Gasteiger partial charge in [0.1, 0.15) is 0 Å². The van der Waals surface area contributed by atoms with Gasteiger partial charge in [0, 0.05) is 25.7 Å². The number of nitrogens with zero attached hydrogens (tertiary/aromatic N) is 1. The number of carbonyl (C=O) groups is 1. The van der Waals surface area contributed by atoms with E-state index in [2.05, 4.69) is 70.9 Å². The molecule has 2 aromatic rings. The first-order valence-electron chi connectivity index (χ1n) is 11.9. The van der Waals surface area contributed by atoms with Gasteiger partial charge in [-0.05, 0) is 54.6 Å². The Hall–Kier alpha value is -2.13. The van der Waals surface area contributed by atoms with Gasteiger partial charge < -0.3 is 5.32 Å². The maximum atomic E-state index is 13.5. The molecule has 0 aromatic heterocycles. The molecule has 1 heterocycles. The molecule has 0 bridgehead atoms. The molecule has 4 atom stereocenters. The van der Waals surface area contributed by atoms with Crippen LogP contribution in [0.4, 0.5) is 0 Å². The van der Waals surface area contributed by atoms with Crippen LogP contribution in [0.3, 0.4) is 0 Å². The first-order chi connectivity index (χ1) is 14.8. The standard InChI is InChI=1S/C27H34N2O/c30-27(26(22-13-7-8-14-22)21-11-5-2-6-12-21)28-25-16-15-23-18-29(19-24(23)25)17-20-9-3-1-4-10-20/h1-6,9-12,22-26H,7-8,13-19H2,(H,28,30)/t23-,24+,25+,26?/m1/s1. The van der Waals surface area contributed by atoms with Crippen molar-refractivity contribution < 1.29 is 4.79 Å². The number of fused-ring (bicyclic) bond motifs is 1. The van der Waals surface area contributed by atoms with Crippen molar-refractivity contribution in [3.63, 3.8) is 0 Å². The molecule has 1 unspecified atom stereocenters. The van der Waals surface area contributed by atoms with E-state index >= 15 is 0 Å². The summed E-state index contributed by atoms with van der Waals surface area (Å²) in [6, 6.07) is 21.6. The van der Waals surface area contributed by atoms with E-state index in [9.17, 15) is 4.79 Å². The summed E-state index contributed by atoms with van der Waals surface area (Å²) in [5.74, 6) is 2.15. The number of carbonyl (C=O) groups excluding carboxylic acids is 1. The van der Waals surface area contributed by atoms with Crippen LogP contribution in [0.15, 0.2) is 60.7 Å². The number of hydrogen-bond donors (Lipinski definition) is 1. The molecule has 2 saturated carbocycles. The molecule has 0 radical (unpaired) electrons. The Kier molecular flexibility index (Phi) is 5.90. The van der Waals surface area contributed by atoms with Gasteiger partial charge in [0.25, 0.3) is 0 Å². The fourth-order valence-electron chi connectivity index (χ4n) is 6.37. The second-order valence-corrected chi connectivity index (χ2v) is 9.73. The van der Waals surface area contributed by atoms with E-state index in [1.54, 1.807) is 0 Å². The maximum Gasteiger partial charge on any atom is 0.228 e. The van der Waals surface area contributed by atoms with Crippen LogP contribution in [0.2, 0.25) is 0 Å². The van der Waals surface area contributed by atoms with Crippen molar-refractivity contribution in [3.8, 4) is 0 Å². The van der Waals surface area contributed by atoms with E-state index in [1.165, 1.54) is 49.8 Å². The molecule has 158 valence electrons. The van der Waals surface area contributed by atoms with Crippen LogP contribution in [0, 0.1) is 17.8 Å². The normalized spacial score (nSPS) is 27.8. The minimum Gasteiger partial charge on any atom is -0.352 e. The Bertz CT molecular complexity index is 830. The average molecular weight is 403 g/mol. The molecule has 30 heavy (non-hydrogen) atoms. The number of benzene rings is 2. The third-order valence-corrected chi connectivity index (χ3v) is 7.82. The van der Waals surface area contributed by atoms with Gasteiger partial charge in [-0.1, -0.05) is 73.5 Å². The van der Waals surface area contributed by atoms with Gasteiger partial charge in [-0.2, -0.15) is 0 Å². The zero-order valence-corrected chi connectivity index (χ0v) is 17.9. The van der Waals surface area contributed by atoms with Crippen LogP contribution < -0.4 is 5.32 Å². The molecular formula is C27H34N2O. The minimum absolute atomic E-state index is 0.0228. The first-order valence-corrected chi connectivity index (χ1v) is 11.9. The van der Waals surface area contributed by atoms with Crippen LogP contribution in [0.5, 0.6) is 0 Å². The minimum atomic E-state index is 0.0228. The summed E-state index contributed by atoms with van der Waals surface area (Å²) in [7, 11) is 0. The predicted octanol–water partition coefficient (Wildman–Crippen LogP) is 4.99. The number of amides is 1. The number of rotatable bonds is 6. The Balaban J connectivity index is 1.25. The molecule has 2 aromatic carbocycles. The topological polar surface area (TPSA) is 32.3 Å². The van der Waals surface area contributed by atoms with E-state index < -0.39 is 0 Å². The molecule has 1 amide bonds. The van der Waals surface area contributed by atoms with E-state index in [0.717, 1.165) is 25.4 Å². The van der Waals surface area contributed by atoms with Gasteiger partial charge in [0.05, 0.1) is 5.92 Å². The molecule has 3 aliphatic rings. The van der Waals surface area contributed by atoms with Crippen LogP contribution in [0.25, 0.3) is 0 Å². The Morgan fingerprint density at radius 1 is 0.900 bits per heavy atom. The molecule has 3 fully saturated rings. The number of likely N-dealkylation sites (tertiary alicyclic amines) is 1. The Labute approximate surface area is 180 Å². The zero-order chi connectivity index (χ0) is 20.3. The van der Waals surface area contributed by atoms with Crippen molar-refractivity contribution in [3.05, 3.63) is 71.8 Å². The van der Waals surface area contributed by atoms with Crippen molar-refractivity contribution >= 4 is 5.91 Å². The van der Waals surface area contributed by atoms with Crippen molar-refractivity contribution in [2.24, 2.45) is 17.8 Å². The number of hydrogen-bond acceptors (Lipinski definition) is 2. The third-order valence-electron chi connectivity index (χ3n) is 7.82. The average Bonchev–Trinajstić information content (AvgIpc) is 3.50. The summed E-state index contributed by atoms with van der Waals surface area (Å²) >= 11 is 0. The highest BCUT2D eigenvalue weighted by molar-refractivity contribution is 5.84. The molecule has 2 aliphatic carbocycles. The fourth-order valence-corrected chi connectivity index (χ4v) is 6.37. The zero-order valence-electron chi connectivity index (χ0n) is 17.9. The van der Waals surface area contributed by atoms with Crippen molar-refractivity contribution in [1.82, 2.24) is 10.2 Å². The lowest BCUT2D eigenvalue weighted by molar-refractivity contribution is -0.124. The Morgan fingerprint density at radius 3 is 2.33 bits per heavy atom. The summed E-state index contributed by atoms with van der Waals surface area (Å²) in [4.78, 5) is 16.1. The predicted molar refractivity (Wildman–Crippen MR) is 121 cm³/mol. The SMILES string of the molecule is O=C(N[C@H]1CC[C@@H]2CN(Cc3ccccc3)C[C@@H]21)C(c1ccccc1)C1CCCC1. The summed E-state index contributed by atoms with van der Waals surface area (Å²) in [5.41, 5.74) is 2.59. The lowest BCUT2D eigenvalue weighted by Gasteiger charge is -2.27. The second kappa shape index (κ2) is 8.93. The molecule has 1 aliphatic heterocycles. The summed E-state index contributed by atoms with van der Waals surface area (Å²) in [5, 5.41) is 3.54. The number of nitrogens with one attached hydrogen (secondary N) is 1. The van der Waals surface area contributed by atoms with Crippen LogP contribution in [-0.4, -0.2) is 29.9 Å². The lowest BCUT2D eigenvalue weighted by Crippen LogP contribution is -2.43. The molecule has 3 nitrogen and oxygen atoms in total. The van der Waals surface area contributed by atoms with Crippen LogP contribution in [0.1, 0.15) is 55.6 Å². The van der Waals surface area contributed by atoms with Gasteiger partial charge >= 0.3 is 0 Å². The van der Waals surface area contributed by atoms with Gasteiger partial charge in [-0.25, -0.2) is 0 Å². The summed E-state index contributed by atoms with van der Waals surface area (Å²) in [6.45, 7) is 3.32. The molecule has 1 saturated heterocycles. The van der Waals surface area contributed by atoms with Crippen LogP contribution in [-0.2, 0) is 11.3 Å². The molecule has 0 spiro atoms. The van der Waals surface area contributed by atoms with E-state index in [4.69, 9.17) is 0 Å². The molecule has 5 rings (SSSR count). The molecular weight excluding hydrogens is 368 g/mol. The lowest BCUT2D eigenvalue weighted by atomic mass is 9.83.